The number of unbranched alkanes of at least 4 members (excludes halogenated alkanes) is 2. The van der Waals surface area contributed by atoms with Crippen LogP contribution >= 0.6 is 23.1 Å². The second kappa shape index (κ2) is 13.4. The first-order valence-corrected chi connectivity index (χ1v) is 16.8. The Morgan fingerprint density at radius 2 is 1.83 bits per heavy atom. The van der Waals surface area contributed by atoms with Gasteiger partial charge in [-0.1, -0.05) is 79.3 Å². The lowest BCUT2D eigenvalue weighted by molar-refractivity contribution is -0.132. The van der Waals surface area contributed by atoms with Crippen molar-refractivity contribution in [1.82, 2.24) is 19.6 Å². The fraction of sp³-hybridized carbons (Fsp3) is 0.265. The summed E-state index contributed by atoms with van der Waals surface area (Å²) in [5, 5.41) is 20.4. The van der Waals surface area contributed by atoms with Crippen molar-refractivity contribution in [3.05, 3.63) is 106 Å². The van der Waals surface area contributed by atoms with E-state index in [-0.39, 0.29) is 28.0 Å². The maximum atomic E-state index is 14.2. The summed E-state index contributed by atoms with van der Waals surface area (Å²) in [7, 11) is 0. The van der Waals surface area contributed by atoms with E-state index in [4.69, 9.17) is 4.74 Å². The average Bonchev–Trinajstić information content (AvgIpc) is 3.74. The van der Waals surface area contributed by atoms with Gasteiger partial charge in [0.05, 0.1) is 23.9 Å². The predicted molar refractivity (Wildman–Crippen MR) is 177 cm³/mol. The predicted octanol–water partition coefficient (Wildman–Crippen LogP) is 7.43. The Morgan fingerprint density at radius 1 is 1.04 bits per heavy atom. The molecule has 1 saturated heterocycles. The molecule has 5 aromatic rings. The van der Waals surface area contributed by atoms with E-state index in [9.17, 15) is 19.1 Å². The first kappa shape index (κ1) is 31.4. The van der Waals surface area contributed by atoms with Gasteiger partial charge in [0.2, 0.25) is 5.13 Å². The number of Topliss-reactive ketones (excluding diaryl/α,β-unsaturated/α-hetero) is 1. The average molecular weight is 658 g/mol. The summed E-state index contributed by atoms with van der Waals surface area (Å²) in [5.74, 6) is -1.41. The number of aliphatic hydroxyl groups is 1. The highest BCUT2D eigenvalue weighted by Crippen LogP contribution is 2.44. The van der Waals surface area contributed by atoms with E-state index in [1.807, 2.05) is 29.7 Å². The number of amides is 1. The molecular formula is C34H32FN5O4S2. The number of carbonyl (C=O) groups excluding carboxylic acids is 2. The summed E-state index contributed by atoms with van der Waals surface area (Å²) in [6.07, 6.45) is 4.92. The Bertz CT molecular complexity index is 1950. The highest BCUT2D eigenvalue weighted by Gasteiger charge is 2.49. The zero-order valence-electron chi connectivity index (χ0n) is 25.6. The monoisotopic (exact) mass is 657 g/mol. The van der Waals surface area contributed by atoms with Gasteiger partial charge in [0.1, 0.15) is 22.9 Å². The van der Waals surface area contributed by atoms with Gasteiger partial charge in [0, 0.05) is 11.9 Å². The molecule has 1 fully saturated rings. The van der Waals surface area contributed by atoms with E-state index >= 15 is 0 Å². The van der Waals surface area contributed by atoms with Crippen LogP contribution in [0.25, 0.3) is 11.4 Å². The van der Waals surface area contributed by atoms with Crippen molar-refractivity contribution < 1.29 is 23.8 Å². The number of benzene rings is 2. The smallest absolute Gasteiger partial charge is 0.301 e. The molecule has 9 nitrogen and oxygen atoms in total. The first-order chi connectivity index (χ1) is 22.3. The lowest BCUT2D eigenvalue weighted by Crippen LogP contribution is -2.29. The topological polar surface area (TPSA) is 110 Å². The van der Waals surface area contributed by atoms with Gasteiger partial charge in [-0.15, -0.1) is 10.2 Å². The molecule has 1 atom stereocenters. The molecule has 0 bridgehead atoms. The van der Waals surface area contributed by atoms with Crippen molar-refractivity contribution in [1.29, 1.82) is 0 Å². The number of ether oxygens (including phenoxy) is 1. The van der Waals surface area contributed by atoms with E-state index in [2.05, 4.69) is 22.1 Å². The molecule has 0 radical (unpaired) electrons. The summed E-state index contributed by atoms with van der Waals surface area (Å²) in [6, 6.07) is 16.4. The van der Waals surface area contributed by atoms with Gasteiger partial charge < -0.3 is 14.2 Å². The molecule has 236 valence electrons. The number of anilines is 1. The number of hydrogen-bond acceptors (Lipinski definition) is 9. The number of aromatic nitrogens is 4. The zero-order valence-corrected chi connectivity index (χ0v) is 27.2. The van der Waals surface area contributed by atoms with Crippen molar-refractivity contribution in [2.45, 2.75) is 56.2 Å². The van der Waals surface area contributed by atoms with Crippen molar-refractivity contribution in [3.8, 4) is 5.75 Å². The normalized spacial score (nSPS) is 16.1. The highest BCUT2D eigenvalue weighted by atomic mass is 32.2. The maximum absolute atomic E-state index is 14.2. The summed E-state index contributed by atoms with van der Waals surface area (Å²) < 4.78 is 22.4. The SMILES string of the molecule is CCCCCOc1ccc(C2C(=C(O)c3nc4c(C)cccn4c3C)C(=O)C(=O)N2c2nnc(SCc3ccccc3F)s2)cc1. The molecule has 0 spiro atoms. The number of carbonyl (C=O) groups is 2. The van der Waals surface area contributed by atoms with Gasteiger partial charge in [-0.3, -0.25) is 14.5 Å². The maximum Gasteiger partial charge on any atom is 0.301 e. The van der Waals surface area contributed by atoms with Crippen LogP contribution in [0, 0.1) is 19.7 Å². The van der Waals surface area contributed by atoms with Gasteiger partial charge in [-0.05, 0) is 61.2 Å². The lowest BCUT2D eigenvalue weighted by atomic mass is 9.96. The highest BCUT2D eigenvalue weighted by molar-refractivity contribution is 8.00. The van der Waals surface area contributed by atoms with Crippen LogP contribution in [0.3, 0.4) is 0 Å². The molecule has 46 heavy (non-hydrogen) atoms. The fourth-order valence-electron chi connectivity index (χ4n) is 5.42. The van der Waals surface area contributed by atoms with E-state index in [0.29, 0.717) is 44.9 Å². The van der Waals surface area contributed by atoms with Crippen molar-refractivity contribution in [2.75, 3.05) is 11.5 Å². The number of aryl methyl sites for hydroxylation is 2. The van der Waals surface area contributed by atoms with E-state index < -0.39 is 17.7 Å². The number of thioether (sulfide) groups is 1. The summed E-state index contributed by atoms with van der Waals surface area (Å²) >= 11 is 2.40. The van der Waals surface area contributed by atoms with Gasteiger partial charge in [0.25, 0.3) is 5.78 Å². The molecule has 1 aliphatic heterocycles. The van der Waals surface area contributed by atoms with Crippen LogP contribution < -0.4 is 9.64 Å². The number of aliphatic hydroxyl groups excluding tert-OH is 1. The third kappa shape index (κ3) is 6.02. The second-order valence-electron chi connectivity index (χ2n) is 11.0. The molecular weight excluding hydrogens is 626 g/mol. The van der Waals surface area contributed by atoms with Gasteiger partial charge in [0.15, 0.2) is 10.1 Å². The minimum absolute atomic E-state index is 0.0958. The largest absolute Gasteiger partial charge is 0.505 e. The third-order valence-electron chi connectivity index (χ3n) is 7.88. The minimum Gasteiger partial charge on any atom is -0.505 e. The Morgan fingerprint density at radius 3 is 2.57 bits per heavy atom. The summed E-state index contributed by atoms with van der Waals surface area (Å²) in [4.78, 5) is 33.4. The Hall–Kier alpha value is -4.55. The number of imidazole rings is 1. The molecule has 6 rings (SSSR count). The molecule has 3 aromatic heterocycles. The van der Waals surface area contributed by atoms with Crippen LogP contribution in [0.15, 0.2) is 76.8 Å². The van der Waals surface area contributed by atoms with Crippen LogP contribution in [-0.2, 0) is 15.3 Å². The molecule has 1 aliphatic rings. The number of hydrogen-bond donors (Lipinski definition) is 1. The van der Waals surface area contributed by atoms with Crippen LogP contribution in [0.4, 0.5) is 9.52 Å². The van der Waals surface area contributed by atoms with Crippen LogP contribution in [0.2, 0.25) is 0 Å². The Kier molecular flexibility index (Phi) is 9.18. The molecule has 1 unspecified atom stereocenters. The summed E-state index contributed by atoms with van der Waals surface area (Å²) in [6.45, 7) is 6.42. The van der Waals surface area contributed by atoms with Gasteiger partial charge in [-0.25, -0.2) is 9.37 Å². The standard InChI is InChI=1S/C34H32FN5O4S2/c1-4-5-8-18-44-24-15-13-22(14-16-24)28-26(29(41)27-21(3)39-17-9-10-20(2)31(39)36-27)30(42)32(43)40(28)33-37-38-34(46-33)45-19-23-11-6-7-12-25(23)35/h6-7,9-17,28,41H,4-5,8,18-19H2,1-3H3. The van der Waals surface area contributed by atoms with Crippen molar-refractivity contribution in [2.24, 2.45) is 0 Å². The molecule has 1 N–H and O–H groups in total. The first-order valence-electron chi connectivity index (χ1n) is 15.0. The molecule has 4 heterocycles. The molecule has 0 aliphatic carbocycles. The molecule has 12 heteroatoms. The van der Waals surface area contributed by atoms with Gasteiger partial charge in [-0.2, -0.15) is 0 Å². The quantitative estimate of drug-likeness (QED) is 0.0390. The second-order valence-corrected chi connectivity index (χ2v) is 13.1. The number of pyridine rings is 1. The van der Waals surface area contributed by atoms with E-state index in [0.717, 1.165) is 36.2 Å². The third-order valence-corrected chi connectivity index (χ3v) is 9.98. The van der Waals surface area contributed by atoms with Crippen molar-refractivity contribution in [3.63, 3.8) is 0 Å². The van der Waals surface area contributed by atoms with E-state index in [1.165, 1.54) is 22.7 Å². The van der Waals surface area contributed by atoms with Crippen LogP contribution in [0.5, 0.6) is 5.75 Å². The Labute approximate surface area is 273 Å². The molecule has 2 aromatic carbocycles. The van der Waals surface area contributed by atoms with Crippen LogP contribution in [-0.4, -0.2) is 43.0 Å². The number of halogens is 1. The fourth-order valence-corrected chi connectivity index (χ4v) is 7.27. The Balaban J connectivity index is 1.40. The zero-order chi connectivity index (χ0) is 32.4. The summed E-state index contributed by atoms with van der Waals surface area (Å²) in [5.41, 5.74) is 3.37. The number of fused-ring (bicyclic) bond motifs is 1. The minimum atomic E-state index is -1.00. The number of nitrogens with zero attached hydrogens (tertiary/aromatic N) is 5. The van der Waals surface area contributed by atoms with Crippen molar-refractivity contribution >= 4 is 51.3 Å². The van der Waals surface area contributed by atoms with Gasteiger partial charge >= 0.3 is 5.91 Å². The van der Waals surface area contributed by atoms with E-state index in [1.54, 1.807) is 49.4 Å². The molecule has 1 amide bonds. The molecule has 0 saturated carbocycles. The van der Waals surface area contributed by atoms with Crippen LogP contribution in [0.1, 0.15) is 60.3 Å². The lowest BCUT2D eigenvalue weighted by Gasteiger charge is -2.22. The number of ketones is 1. The number of rotatable bonds is 11.